The van der Waals surface area contributed by atoms with Crippen molar-refractivity contribution in [1.82, 2.24) is 10.2 Å². The van der Waals surface area contributed by atoms with E-state index in [4.69, 9.17) is 4.42 Å². The fourth-order valence-electron chi connectivity index (χ4n) is 3.38. The number of thioether (sulfide) groups is 1. The lowest BCUT2D eigenvalue weighted by atomic mass is 9.97. The van der Waals surface area contributed by atoms with Gasteiger partial charge in [0.15, 0.2) is 0 Å². The highest BCUT2D eigenvalue weighted by molar-refractivity contribution is 7.99. The third-order valence-electron chi connectivity index (χ3n) is 4.79. The number of amides is 1. The number of benzene rings is 1. The number of aromatic nitrogens is 2. The molecule has 1 aliphatic rings. The number of nitrogens with one attached hydrogen (secondary N) is 1. The smallest absolute Gasteiger partial charge is 0.277 e. The molecular formula is C21H20N4O2S2. The number of nitrogens with zero attached hydrogens (tertiary/aromatic N) is 3. The van der Waals surface area contributed by atoms with Crippen LogP contribution in [0.1, 0.15) is 41.7 Å². The molecule has 0 aliphatic heterocycles. The fourth-order valence-corrected chi connectivity index (χ4v) is 5.20. The summed E-state index contributed by atoms with van der Waals surface area (Å²) >= 11 is 2.73. The van der Waals surface area contributed by atoms with Gasteiger partial charge in [-0.3, -0.25) is 4.79 Å². The van der Waals surface area contributed by atoms with Crippen LogP contribution in [-0.2, 0) is 17.6 Å². The summed E-state index contributed by atoms with van der Waals surface area (Å²) in [5.74, 6) is 0.391. The van der Waals surface area contributed by atoms with Crippen molar-refractivity contribution < 1.29 is 9.21 Å². The van der Waals surface area contributed by atoms with Gasteiger partial charge in [0.25, 0.3) is 5.22 Å². The van der Waals surface area contributed by atoms with Gasteiger partial charge in [-0.05, 0) is 43.4 Å². The molecule has 0 radical (unpaired) electrons. The number of carbonyl (C=O) groups excluding carboxylic acids is 1. The van der Waals surface area contributed by atoms with E-state index in [-0.39, 0.29) is 11.7 Å². The second-order valence-electron chi connectivity index (χ2n) is 6.81. The molecule has 1 aromatic carbocycles. The molecule has 4 rings (SSSR count). The minimum absolute atomic E-state index is 0.143. The molecule has 2 aromatic heterocycles. The fraction of sp³-hybridized carbons (Fsp3) is 0.333. The van der Waals surface area contributed by atoms with E-state index < -0.39 is 0 Å². The largest absolute Gasteiger partial charge is 0.411 e. The van der Waals surface area contributed by atoms with Crippen molar-refractivity contribution in [3.8, 4) is 17.5 Å². The molecule has 6 nitrogen and oxygen atoms in total. The van der Waals surface area contributed by atoms with Crippen molar-refractivity contribution in [2.75, 3.05) is 11.1 Å². The van der Waals surface area contributed by atoms with E-state index in [2.05, 4.69) is 21.6 Å². The lowest BCUT2D eigenvalue weighted by molar-refractivity contribution is -0.113. The van der Waals surface area contributed by atoms with Gasteiger partial charge in [0.05, 0.1) is 11.3 Å². The predicted octanol–water partition coefficient (Wildman–Crippen LogP) is 5.06. The van der Waals surface area contributed by atoms with Gasteiger partial charge in [-0.15, -0.1) is 21.5 Å². The predicted molar refractivity (Wildman–Crippen MR) is 114 cm³/mol. The van der Waals surface area contributed by atoms with E-state index in [0.29, 0.717) is 21.7 Å². The molecule has 0 bridgehead atoms. The number of aryl methyl sites for hydroxylation is 1. The number of nitriles is 1. The number of thiophene rings is 1. The highest BCUT2D eigenvalue weighted by atomic mass is 32.2. The Bertz CT molecular complexity index is 1040. The van der Waals surface area contributed by atoms with Crippen LogP contribution < -0.4 is 5.32 Å². The molecule has 0 spiro atoms. The van der Waals surface area contributed by atoms with Crippen molar-refractivity contribution in [2.45, 2.75) is 43.7 Å². The summed E-state index contributed by atoms with van der Waals surface area (Å²) in [6.45, 7) is 0. The SMILES string of the molecule is N#Cc1c(NC(=O)CSc2nnc(-c3ccccc3)o2)sc2c1CCCCCC2. The minimum atomic E-state index is -0.180. The van der Waals surface area contributed by atoms with E-state index in [0.717, 1.165) is 36.8 Å². The van der Waals surface area contributed by atoms with E-state index in [1.165, 1.54) is 29.5 Å². The summed E-state index contributed by atoms with van der Waals surface area (Å²) < 4.78 is 5.62. The number of rotatable bonds is 5. The topological polar surface area (TPSA) is 91.8 Å². The highest BCUT2D eigenvalue weighted by Gasteiger charge is 2.21. The van der Waals surface area contributed by atoms with Crippen LogP contribution >= 0.6 is 23.1 Å². The summed E-state index contributed by atoms with van der Waals surface area (Å²) in [6.07, 6.45) is 6.58. The number of hydrogen-bond acceptors (Lipinski definition) is 7. The average molecular weight is 425 g/mol. The van der Waals surface area contributed by atoms with E-state index in [9.17, 15) is 10.1 Å². The normalized spacial score (nSPS) is 13.8. The number of carbonyl (C=O) groups is 1. The maximum Gasteiger partial charge on any atom is 0.277 e. The van der Waals surface area contributed by atoms with Gasteiger partial charge < -0.3 is 9.73 Å². The van der Waals surface area contributed by atoms with E-state index in [1.54, 1.807) is 11.3 Å². The second kappa shape index (κ2) is 9.25. The first-order valence-corrected chi connectivity index (χ1v) is 11.4. The zero-order valence-electron chi connectivity index (χ0n) is 15.8. The molecule has 0 unspecified atom stereocenters. The third kappa shape index (κ3) is 4.69. The molecular weight excluding hydrogens is 404 g/mol. The van der Waals surface area contributed by atoms with Crippen molar-refractivity contribution in [3.63, 3.8) is 0 Å². The number of anilines is 1. The van der Waals surface area contributed by atoms with Crippen LogP contribution in [0.5, 0.6) is 0 Å². The van der Waals surface area contributed by atoms with Gasteiger partial charge >= 0.3 is 0 Å². The molecule has 0 atom stereocenters. The van der Waals surface area contributed by atoms with Crippen LogP contribution in [0.2, 0.25) is 0 Å². The Morgan fingerprint density at radius 3 is 2.76 bits per heavy atom. The standard InChI is InChI=1S/C21H20N4O2S2/c22-12-16-15-10-6-1-2-7-11-17(15)29-20(16)23-18(26)13-28-21-25-24-19(27-21)14-8-4-3-5-9-14/h3-5,8-9H,1-2,6-7,10-11,13H2,(H,23,26). The van der Waals surface area contributed by atoms with Crippen LogP contribution in [0, 0.1) is 11.3 Å². The molecule has 1 aliphatic carbocycles. The van der Waals surface area contributed by atoms with Crippen LogP contribution in [0.4, 0.5) is 5.00 Å². The van der Waals surface area contributed by atoms with Gasteiger partial charge in [-0.2, -0.15) is 5.26 Å². The molecule has 1 N–H and O–H groups in total. The monoisotopic (exact) mass is 424 g/mol. The number of fused-ring (bicyclic) bond motifs is 1. The second-order valence-corrected chi connectivity index (χ2v) is 8.84. The van der Waals surface area contributed by atoms with E-state index in [1.807, 2.05) is 30.3 Å². The van der Waals surface area contributed by atoms with Crippen LogP contribution in [0.3, 0.4) is 0 Å². The van der Waals surface area contributed by atoms with Crippen LogP contribution in [0.15, 0.2) is 40.0 Å². The average Bonchev–Trinajstić information content (AvgIpc) is 3.32. The Hall–Kier alpha value is -2.63. The van der Waals surface area contributed by atoms with Gasteiger partial charge in [0.2, 0.25) is 11.8 Å². The molecule has 29 heavy (non-hydrogen) atoms. The van der Waals surface area contributed by atoms with Crippen LogP contribution in [0.25, 0.3) is 11.5 Å². The quantitative estimate of drug-likeness (QED) is 0.576. The molecule has 8 heteroatoms. The van der Waals surface area contributed by atoms with Crippen molar-refractivity contribution in [3.05, 3.63) is 46.3 Å². The third-order valence-corrected chi connectivity index (χ3v) is 6.82. The first-order valence-electron chi connectivity index (χ1n) is 9.61. The van der Waals surface area contributed by atoms with Gasteiger partial charge in [0.1, 0.15) is 11.1 Å². The van der Waals surface area contributed by atoms with Crippen molar-refractivity contribution in [1.29, 1.82) is 5.26 Å². The maximum absolute atomic E-state index is 12.5. The first kappa shape index (κ1) is 19.7. The zero-order chi connectivity index (χ0) is 20.1. The Labute approximate surface area is 177 Å². The summed E-state index contributed by atoms with van der Waals surface area (Å²) in [5.41, 5.74) is 2.60. The van der Waals surface area contributed by atoms with Gasteiger partial charge in [0, 0.05) is 10.4 Å². The number of hydrogen-bond donors (Lipinski definition) is 1. The Balaban J connectivity index is 1.40. The molecule has 2 heterocycles. The molecule has 3 aromatic rings. The zero-order valence-corrected chi connectivity index (χ0v) is 17.4. The van der Waals surface area contributed by atoms with Crippen molar-refractivity contribution in [2.24, 2.45) is 0 Å². The van der Waals surface area contributed by atoms with Crippen LogP contribution in [-0.4, -0.2) is 21.9 Å². The Kier molecular flexibility index (Phi) is 6.27. The summed E-state index contributed by atoms with van der Waals surface area (Å²) in [5, 5.41) is 21.6. The molecule has 0 saturated carbocycles. The molecule has 0 fully saturated rings. The molecule has 148 valence electrons. The lowest BCUT2D eigenvalue weighted by Gasteiger charge is -2.08. The first-order chi connectivity index (χ1) is 14.2. The maximum atomic E-state index is 12.5. The summed E-state index contributed by atoms with van der Waals surface area (Å²) in [6, 6.07) is 11.8. The summed E-state index contributed by atoms with van der Waals surface area (Å²) in [4.78, 5) is 13.7. The minimum Gasteiger partial charge on any atom is -0.411 e. The molecule has 0 saturated heterocycles. The Morgan fingerprint density at radius 1 is 1.17 bits per heavy atom. The highest BCUT2D eigenvalue weighted by Crippen LogP contribution is 2.36. The summed E-state index contributed by atoms with van der Waals surface area (Å²) in [7, 11) is 0. The lowest BCUT2D eigenvalue weighted by Crippen LogP contribution is -2.14. The molecule has 1 amide bonds. The van der Waals surface area contributed by atoms with E-state index >= 15 is 0 Å². The van der Waals surface area contributed by atoms with Gasteiger partial charge in [-0.25, -0.2) is 0 Å². The van der Waals surface area contributed by atoms with Gasteiger partial charge in [-0.1, -0.05) is 42.8 Å². The Morgan fingerprint density at radius 2 is 1.97 bits per heavy atom. The van der Waals surface area contributed by atoms with Crippen molar-refractivity contribution >= 4 is 34.0 Å².